The standard InChI is InChI=1S/C35H40F2N6O6/c1-17(2)27-29-20(11-12-38-27)30(45)24(44)16-48-25-10-8-9-22(36)26(25)28-23(37)13-21-31(40-33(46)43(29)32(21)39-28)41-14-19(4)42(15-18(41)3)34(47)49-35(5,6)7/h8-13,17-19,24,30,44-45H,14-16H2,1-7H3/t18-,19+,24?,30?/m0/s1. The van der Waals surface area contributed by atoms with Crippen LogP contribution in [0.15, 0.2) is 41.3 Å². The van der Waals surface area contributed by atoms with Gasteiger partial charge in [0.1, 0.15) is 47.5 Å². The van der Waals surface area contributed by atoms with Crippen LogP contribution in [0.1, 0.15) is 71.7 Å². The molecule has 14 heteroatoms. The number of carbonyl (C=O) groups is 1. The number of rotatable bonds is 2. The summed E-state index contributed by atoms with van der Waals surface area (Å²) in [6, 6.07) is 5.76. The second-order valence-corrected chi connectivity index (χ2v) is 14.0. The number of halogens is 2. The summed E-state index contributed by atoms with van der Waals surface area (Å²) in [6.07, 6.45) is -2.12. The number of anilines is 1. The molecule has 4 aromatic rings. The molecule has 0 saturated carbocycles. The van der Waals surface area contributed by atoms with E-state index in [9.17, 15) is 19.8 Å². The molecule has 6 rings (SSSR count). The minimum Gasteiger partial charge on any atom is -0.490 e. The monoisotopic (exact) mass is 678 g/mol. The number of aliphatic hydroxyl groups excluding tert-OH is 2. The predicted octanol–water partition coefficient (Wildman–Crippen LogP) is 4.87. The van der Waals surface area contributed by atoms with Crippen molar-refractivity contribution in [2.75, 3.05) is 24.6 Å². The quantitative estimate of drug-likeness (QED) is 0.302. The van der Waals surface area contributed by atoms with Crippen molar-refractivity contribution in [2.45, 2.75) is 84.3 Å². The van der Waals surface area contributed by atoms with E-state index in [2.05, 4.69) is 15.0 Å². The maximum atomic E-state index is 16.3. The summed E-state index contributed by atoms with van der Waals surface area (Å²) in [7, 11) is 0. The SMILES string of the molecule is CC(C)c1nccc2c1-n1c(=O)nc(N3C[C@@H](C)N(C(=O)OC(C)(C)C)C[C@@H]3C)c3cc(F)c(nc31)-c1c(F)cccc1OCC(O)C2O. The van der Waals surface area contributed by atoms with E-state index < -0.39 is 59.6 Å². The van der Waals surface area contributed by atoms with E-state index in [4.69, 9.17) is 9.47 Å². The van der Waals surface area contributed by atoms with Crippen LogP contribution in [0.5, 0.6) is 5.75 Å². The minimum atomic E-state index is -1.57. The lowest BCUT2D eigenvalue weighted by atomic mass is 9.97. The number of fused-ring (bicyclic) bond motifs is 5. The minimum absolute atomic E-state index is 0.0755. The third-order valence-electron chi connectivity index (χ3n) is 8.75. The van der Waals surface area contributed by atoms with Crippen LogP contribution in [0, 0.1) is 11.6 Å². The molecule has 2 bridgehead atoms. The van der Waals surface area contributed by atoms with Crippen LogP contribution in [0.4, 0.5) is 19.4 Å². The van der Waals surface area contributed by atoms with E-state index >= 15 is 8.78 Å². The first-order valence-corrected chi connectivity index (χ1v) is 16.2. The molecular formula is C35H40F2N6O6. The van der Waals surface area contributed by atoms with Crippen LogP contribution in [0.25, 0.3) is 28.0 Å². The zero-order chi connectivity index (χ0) is 35.5. The molecule has 0 radical (unpaired) electrons. The summed E-state index contributed by atoms with van der Waals surface area (Å²) in [5, 5.41) is 22.7. The number of piperazine rings is 1. The molecule has 2 aliphatic heterocycles. The summed E-state index contributed by atoms with van der Waals surface area (Å²) < 4.78 is 44.4. The number of benzene rings is 1. The lowest BCUT2D eigenvalue weighted by molar-refractivity contribution is -0.00904. The second-order valence-electron chi connectivity index (χ2n) is 14.0. The van der Waals surface area contributed by atoms with Crippen LogP contribution >= 0.6 is 0 Å². The Kier molecular flexibility index (Phi) is 8.82. The van der Waals surface area contributed by atoms with Crippen molar-refractivity contribution < 1.29 is 33.3 Å². The van der Waals surface area contributed by atoms with Gasteiger partial charge in [-0.3, -0.25) is 4.98 Å². The van der Waals surface area contributed by atoms with Crippen molar-refractivity contribution >= 4 is 22.9 Å². The van der Waals surface area contributed by atoms with Gasteiger partial charge in [-0.15, -0.1) is 0 Å². The average Bonchev–Trinajstić information content (AvgIpc) is 3.02. The van der Waals surface area contributed by atoms with Crippen molar-refractivity contribution in [1.82, 2.24) is 24.4 Å². The number of carbonyl (C=O) groups excluding carboxylic acids is 1. The maximum absolute atomic E-state index is 16.3. The summed E-state index contributed by atoms with van der Waals surface area (Å²) in [5.74, 6) is -2.03. The molecule has 260 valence electrons. The van der Waals surface area contributed by atoms with E-state index in [0.717, 1.165) is 16.7 Å². The molecule has 1 fully saturated rings. The highest BCUT2D eigenvalue weighted by atomic mass is 19.1. The topological polar surface area (TPSA) is 143 Å². The van der Waals surface area contributed by atoms with E-state index in [1.165, 1.54) is 24.4 Å². The van der Waals surface area contributed by atoms with Crippen LogP contribution in [-0.4, -0.2) is 84.2 Å². The number of amides is 1. The van der Waals surface area contributed by atoms with Gasteiger partial charge in [0.15, 0.2) is 11.5 Å². The average molecular weight is 679 g/mol. The van der Waals surface area contributed by atoms with E-state index in [0.29, 0.717) is 5.69 Å². The Morgan fingerprint density at radius 2 is 1.80 bits per heavy atom. The molecule has 1 amide bonds. The van der Waals surface area contributed by atoms with Gasteiger partial charge in [-0.2, -0.15) is 4.98 Å². The number of hydrogen-bond acceptors (Lipinski definition) is 10. The molecule has 2 unspecified atom stereocenters. The highest BCUT2D eigenvalue weighted by Gasteiger charge is 2.37. The van der Waals surface area contributed by atoms with Crippen molar-refractivity contribution in [3.8, 4) is 22.7 Å². The number of ether oxygens (including phenoxy) is 2. The summed E-state index contributed by atoms with van der Waals surface area (Å²) in [4.78, 5) is 44.4. The first kappa shape index (κ1) is 34.2. The summed E-state index contributed by atoms with van der Waals surface area (Å²) in [6.45, 7) is 12.7. The largest absolute Gasteiger partial charge is 0.490 e. The first-order chi connectivity index (χ1) is 23.1. The molecule has 1 aromatic carbocycles. The fourth-order valence-corrected chi connectivity index (χ4v) is 6.42. The Bertz CT molecular complexity index is 2000. The van der Waals surface area contributed by atoms with Crippen molar-refractivity contribution in [3.63, 3.8) is 0 Å². The Labute approximate surface area is 281 Å². The molecule has 0 spiro atoms. The first-order valence-electron chi connectivity index (χ1n) is 16.2. The van der Waals surface area contributed by atoms with Gasteiger partial charge >= 0.3 is 11.8 Å². The fraction of sp³-hybridized carbons (Fsp3) is 0.457. The van der Waals surface area contributed by atoms with E-state index in [-0.39, 0.29) is 64.5 Å². The Morgan fingerprint density at radius 3 is 2.49 bits per heavy atom. The summed E-state index contributed by atoms with van der Waals surface area (Å²) in [5.41, 5.74) is -1.68. The van der Waals surface area contributed by atoms with Gasteiger partial charge < -0.3 is 29.5 Å². The molecule has 2 aliphatic rings. The number of aromatic nitrogens is 4. The lowest BCUT2D eigenvalue weighted by Gasteiger charge is -2.44. The number of pyridine rings is 2. The van der Waals surface area contributed by atoms with Gasteiger partial charge in [-0.05, 0) is 64.8 Å². The van der Waals surface area contributed by atoms with Gasteiger partial charge in [-0.1, -0.05) is 19.9 Å². The fourth-order valence-electron chi connectivity index (χ4n) is 6.42. The van der Waals surface area contributed by atoms with Gasteiger partial charge in [0.25, 0.3) is 0 Å². The number of aliphatic hydroxyl groups is 2. The second kappa shape index (κ2) is 12.6. The van der Waals surface area contributed by atoms with Crippen molar-refractivity contribution in [2.24, 2.45) is 0 Å². The molecule has 12 nitrogen and oxygen atoms in total. The van der Waals surface area contributed by atoms with Gasteiger partial charge in [0.2, 0.25) is 0 Å². The smallest absolute Gasteiger partial charge is 0.410 e. The van der Waals surface area contributed by atoms with Crippen molar-refractivity contribution in [1.29, 1.82) is 0 Å². The van der Waals surface area contributed by atoms with Gasteiger partial charge in [0.05, 0.1) is 22.3 Å². The highest BCUT2D eigenvalue weighted by molar-refractivity contribution is 5.91. The molecule has 5 heterocycles. The third kappa shape index (κ3) is 6.19. The zero-order valence-electron chi connectivity index (χ0n) is 28.4. The van der Waals surface area contributed by atoms with Gasteiger partial charge in [0, 0.05) is 36.9 Å². The lowest BCUT2D eigenvalue weighted by Crippen LogP contribution is -2.59. The number of nitrogens with zero attached hydrogens (tertiary/aromatic N) is 6. The number of hydrogen-bond donors (Lipinski definition) is 2. The maximum Gasteiger partial charge on any atom is 0.410 e. The van der Waals surface area contributed by atoms with Crippen LogP contribution in [0.2, 0.25) is 0 Å². The highest BCUT2D eigenvalue weighted by Crippen LogP contribution is 2.39. The molecule has 4 atom stereocenters. The van der Waals surface area contributed by atoms with E-state index in [1.54, 1.807) is 25.7 Å². The predicted molar refractivity (Wildman–Crippen MR) is 178 cm³/mol. The molecule has 1 saturated heterocycles. The van der Waals surface area contributed by atoms with Crippen LogP contribution < -0.4 is 15.3 Å². The molecular weight excluding hydrogens is 638 g/mol. The molecule has 0 aliphatic carbocycles. The Morgan fingerprint density at radius 1 is 1.06 bits per heavy atom. The Hall–Kier alpha value is -4.69. The van der Waals surface area contributed by atoms with Crippen LogP contribution in [0.3, 0.4) is 0 Å². The van der Waals surface area contributed by atoms with Crippen LogP contribution in [-0.2, 0) is 4.74 Å². The Balaban J connectivity index is 1.64. The van der Waals surface area contributed by atoms with Crippen molar-refractivity contribution in [3.05, 3.63) is 69.9 Å². The summed E-state index contributed by atoms with van der Waals surface area (Å²) >= 11 is 0. The molecule has 49 heavy (non-hydrogen) atoms. The van der Waals surface area contributed by atoms with Gasteiger partial charge in [-0.25, -0.2) is 27.9 Å². The van der Waals surface area contributed by atoms with E-state index in [1.807, 2.05) is 32.6 Å². The molecule has 2 N–H and O–H groups in total. The zero-order valence-corrected chi connectivity index (χ0v) is 28.4. The normalized spacial score (nSPS) is 21.1. The third-order valence-corrected chi connectivity index (χ3v) is 8.75. The molecule has 3 aromatic heterocycles.